The molecular formula is C21H28FN3O4. The average molecular weight is 405 g/mol. The number of piperidine rings is 1. The van der Waals surface area contributed by atoms with Gasteiger partial charge < -0.3 is 20.7 Å². The number of carbonyl (C=O) groups excluding carboxylic acids is 4. The first-order valence-electron chi connectivity index (χ1n) is 9.88. The van der Waals surface area contributed by atoms with Gasteiger partial charge in [0.2, 0.25) is 17.7 Å². The summed E-state index contributed by atoms with van der Waals surface area (Å²) >= 11 is 0. The van der Waals surface area contributed by atoms with E-state index >= 15 is 0 Å². The fraction of sp³-hybridized carbons (Fsp3) is 0.524. The van der Waals surface area contributed by atoms with E-state index in [1.165, 1.54) is 12.1 Å². The maximum absolute atomic E-state index is 13.2. The predicted octanol–water partition coefficient (Wildman–Crippen LogP) is 1.11. The molecule has 0 radical (unpaired) electrons. The molecule has 3 amide bonds. The summed E-state index contributed by atoms with van der Waals surface area (Å²) in [7, 11) is 0. The molecule has 0 aliphatic carbocycles. The van der Waals surface area contributed by atoms with Gasteiger partial charge in [-0.2, -0.15) is 0 Å². The Bertz CT molecular complexity index is 736. The second-order valence-electron chi connectivity index (χ2n) is 7.66. The van der Waals surface area contributed by atoms with Crippen molar-refractivity contribution in [2.24, 2.45) is 11.8 Å². The Balaban J connectivity index is 2.07. The van der Waals surface area contributed by atoms with Crippen molar-refractivity contribution in [3.8, 4) is 0 Å². The smallest absolute Gasteiger partial charge is 0.243 e. The highest BCUT2D eigenvalue weighted by Crippen LogP contribution is 2.17. The van der Waals surface area contributed by atoms with Gasteiger partial charge in [-0.05, 0) is 37.0 Å². The van der Waals surface area contributed by atoms with E-state index in [9.17, 15) is 23.6 Å². The molecule has 2 rings (SSSR count). The van der Waals surface area contributed by atoms with Crippen LogP contribution in [0.1, 0.15) is 38.7 Å². The first kappa shape index (κ1) is 22.5. The summed E-state index contributed by atoms with van der Waals surface area (Å²) in [5.41, 5.74) is 0.671. The standard InChI is InChI=1S/C21H28FN3O4/c1-13(2)19(27)25-18(10-14-5-7-16(22)8-6-14)21(29)24-17(12-26)11-15-4-3-9-23-20(15)28/h5-8,12-13,15,17-18H,3-4,9-11H2,1-2H3,(H,23,28)(H,24,29)(H,25,27)/t15-,17-,18-/m0/s1. The van der Waals surface area contributed by atoms with Crippen LogP contribution in [0.2, 0.25) is 0 Å². The highest BCUT2D eigenvalue weighted by atomic mass is 19.1. The van der Waals surface area contributed by atoms with Crippen molar-refractivity contribution in [1.82, 2.24) is 16.0 Å². The Morgan fingerprint density at radius 1 is 1.21 bits per heavy atom. The molecule has 7 nitrogen and oxygen atoms in total. The molecule has 3 N–H and O–H groups in total. The average Bonchev–Trinajstić information content (AvgIpc) is 2.69. The third kappa shape index (κ3) is 6.96. The van der Waals surface area contributed by atoms with Gasteiger partial charge in [-0.15, -0.1) is 0 Å². The summed E-state index contributed by atoms with van der Waals surface area (Å²) in [5.74, 6) is -1.99. The third-order valence-corrected chi connectivity index (χ3v) is 4.94. The van der Waals surface area contributed by atoms with E-state index in [4.69, 9.17) is 0 Å². The minimum absolute atomic E-state index is 0.117. The Morgan fingerprint density at radius 3 is 2.48 bits per heavy atom. The number of nitrogens with one attached hydrogen (secondary N) is 3. The molecule has 1 aliphatic rings. The zero-order valence-electron chi connectivity index (χ0n) is 16.7. The number of amides is 3. The number of hydrogen-bond acceptors (Lipinski definition) is 4. The van der Waals surface area contributed by atoms with E-state index in [0.29, 0.717) is 24.8 Å². The summed E-state index contributed by atoms with van der Waals surface area (Å²) in [6, 6.07) is 3.90. The molecule has 29 heavy (non-hydrogen) atoms. The lowest BCUT2D eigenvalue weighted by molar-refractivity contribution is -0.132. The van der Waals surface area contributed by atoms with Gasteiger partial charge in [0.1, 0.15) is 18.1 Å². The van der Waals surface area contributed by atoms with Gasteiger partial charge in [0.05, 0.1) is 6.04 Å². The number of carbonyl (C=O) groups is 4. The van der Waals surface area contributed by atoms with Crippen molar-refractivity contribution in [2.45, 2.75) is 51.6 Å². The lowest BCUT2D eigenvalue weighted by Crippen LogP contribution is -2.52. The lowest BCUT2D eigenvalue weighted by atomic mass is 9.92. The summed E-state index contributed by atoms with van der Waals surface area (Å²) < 4.78 is 13.2. The highest BCUT2D eigenvalue weighted by molar-refractivity contribution is 5.90. The molecule has 158 valence electrons. The second kappa shape index (κ2) is 10.7. The van der Waals surface area contributed by atoms with Crippen LogP contribution in [0.25, 0.3) is 0 Å². The van der Waals surface area contributed by atoms with Gasteiger partial charge >= 0.3 is 0 Å². The van der Waals surface area contributed by atoms with E-state index in [0.717, 1.165) is 6.42 Å². The lowest BCUT2D eigenvalue weighted by Gasteiger charge is -2.26. The van der Waals surface area contributed by atoms with Crippen molar-refractivity contribution in [1.29, 1.82) is 0 Å². The molecule has 1 fully saturated rings. The van der Waals surface area contributed by atoms with Gasteiger partial charge in [-0.1, -0.05) is 26.0 Å². The van der Waals surface area contributed by atoms with Crippen LogP contribution < -0.4 is 16.0 Å². The molecule has 0 unspecified atom stereocenters. The zero-order valence-corrected chi connectivity index (χ0v) is 16.7. The molecule has 1 aromatic rings. The van der Waals surface area contributed by atoms with Gasteiger partial charge in [-0.25, -0.2) is 4.39 Å². The number of aldehydes is 1. The Morgan fingerprint density at radius 2 is 1.90 bits per heavy atom. The summed E-state index contributed by atoms with van der Waals surface area (Å²) in [5, 5.41) is 8.07. The first-order valence-corrected chi connectivity index (χ1v) is 9.88. The van der Waals surface area contributed by atoms with Crippen LogP contribution >= 0.6 is 0 Å². The normalized spacial score (nSPS) is 18.5. The van der Waals surface area contributed by atoms with E-state index in [1.807, 2.05) is 0 Å². The number of halogens is 1. The largest absolute Gasteiger partial charge is 0.356 e. The van der Waals surface area contributed by atoms with Crippen LogP contribution in [0.3, 0.4) is 0 Å². The molecule has 1 saturated heterocycles. The molecule has 0 saturated carbocycles. The summed E-state index contributed by atoms with van der Waals surface area (Å²) in [6.45, 7) is 4.03. The maximum Gasteiger partial charge on any atom is 0.243 e. The Labute approximate surface area is 169 Å². The molecule has 0 spiro atoms. The monoisotopic (exact) mass is 405 g/mol. The SMILES string of the molecule is CC(C)C(=O)N[C@@H](Cc1ccc(F)cc1)C(=O)N[C@H](C=O)C[C@@H]1CCCNC1=O. The number of rotatable bonds is 9. The van der Waals surface area contributed by atoms with E-state index in [1.54, 1.807) is 26.0 Å². The van der Waals surface area contributed by atoms with Crippen LogP contribution in [0.15, 0.2) is 24.3 Å². The Kier molecular flexibility index (Phi) is 8.30. The molecule has 3 atom stereocenters. The van der Waals surface area contributed by atoms with Crippen LogP contribution in [0, 0.1) is 17.7 Å². The highest BCUT2D eigenvalue weighted by Gasteiger charge is 2.29. The molecule has 8 heteroatoms. The Hall–Kier alpha value is -2.77. The molecular weight excluding hydrogens is 377 g/mol. The fourth-order valence-corrected chi connectivity index (χ4v) is 3.20. The maximum atomic E-state index is 13.2. The van der Waals surface area contributed by atoms with Crippen molar-refractivity contribution >= 4 is 24.0 Å². The van der Waals surface area contributed by atoms with Gasteiger partial charge in [-0.3, -0.25) is 14.4 Å². The predicted molar refractivity (Wildman–Crippen MR) is 105 cm³/mol. The quantitative estimate of drug-likeness (QED) is 0.535. The van der Waals surface area contributed by atoms with Gasteiger partial charge in [0.25, 0.3) is 0 Å². The fourth-order valence-electron chi connectivity index (χ4n) is 3.20. The molecule has 1 aliphatic heterocycles. The minimum atomic E-state index is -0.919. The van der Waals surface area contributed by atoms with Crippen LogP contribution in [-0.4, -0.2) is 42.6 Å². The molecule has 1 aromatic carbocycles. The summed E-state index contributed by atoms with van der Waals surface area (Å²) in [4.78, 5) is 48.4. The third-order valence-electron chi connectivity index (χ3n) is 4.94. The van der Waals surface area contributed by atoms with Crippen molar-refractivity contribution in [3.63, 3.8) is 0 Å². The van der Waals surface area contributed by atoms with Crippen LogP contribution in [0.4, 0.5) is 4.39 Å². The van der Waals surface area contributed by atoms with Gasteiger partial charge in [0.15, 0.2) is 0 Å². The van der Waals surface area contributed by atoms with Crippen molar-refractivity contribution in [2.75, 3.05) is 6.54 Å². The van der Waals surface area contributed by atoms with Crippen LogP contribution in [0.5, 0.6) is 0 Å². The van der Waals surface area contributed by atoms with Crippen molar-refractivity contribution in [3.05, 3.63) is 35.6 Å². The van der Waals surface area contributed by atoms with Gasteiger partial charge in [0, 0.05) is 24.8 Å². The topological polar surface area (TPSA) is 104 Å². The zero-order chi connectivity index (χ0) is 21.4. The minimum Gasteiger partial charge on any atom is -0.356 e. The van der Waals surface area contributed by atoms with Crippen molar-refractivity contribution < 1.29 is 23.6 Å². The number of benzene rings is 1. The van der Waals surface area contributed by atoms with Crippen LogP contribution in [-0.2, 0) is 25.6 Å². The molecule has 0 bridgehead atoms. The van der Waals surface area contributed by atoms with E-state index in [2.05, 4.69) is 16.0 Å². The second-order valence-corrected chi connectivity index (χ2v) is 7.66. The summed E-state index contributed by atoms with van der Waals surface area (Å²) in [6.07, 6.45) is 2.46. The van der Waals surface area contributed by atoms with E-state index in [-0.39, 0.29) is 36.5 Å². The number of hydrogen-bond donors (Lipinski definition) is 3. The first-order chi connectivity index (χ1) is 13.8. The molecule has 0 aromatic heterocycles. The molecule has 1 heterocycles. The van der Waals surface area contributed by atoms with E-state index < -0.39 is 23.8 Å².